The second-order valence-corrected chi connectivity index (χ2v) is 8.87. The lowest BCUT2D eigenvalue weighted by Crippen LogP contribution is -2.47. The quantitative estimate of drug-likeness (QED) is 0.721. The number of rotatable bonds is 7. The molecule has 5 rings (SSSR count). The molecule has 4 bridgehead atoms. The lowest BCUT2D eigenvalue weighted by Gasteiger charge is -2.56. The number of carbonyl (C=O) groups excluding carboxylic acids is 2. The van der Waals surface area contributed by atoms with Crippen LogP contribution in [0.4, 0.5) is 5.69 Å². The molecule has 4 fully saturated rings. The smallest absolute Gasteiger partial charge is 0.306 e. The summed E-state index contributed by atoms with van der Waals surface area (Å²) in [6.07, 6.45) is 7.97. The van der Waals surface area contributed by atoms with Crippen LogP contribution in [0.2, 0.25) is 0 Å². The zero-order valence-corrected chi connectivity index (χ0v) is 16.7. The summed E-state index contributed by atoms with van der Waals surface area (Å²) in [6, 6.07) is 5.12. The van der Waals surface area contributed by atoms with Gasteiger partial charge in [-0.2, -0.15) is 0 Å². The van der Waals surface area contributed by atoms with Gasteiger partial charge in [0.2, 0.25) is 0 Å². The highest BCUT2D eigenvalue weighted by Gasteiger charge is 2.51. The van der Waals surface area contributed by atoms with Crippen molar-refractivity contribution in [3.63, 3.8) is 0 Å². The van der Waals surface area contributed by atoms with E-state index >= 15 is 0 Å². The maximum atomic E-state index is 12.4. The summed E-state index contributed by atoms with van der Waals surface area (Å²) in [6.45, 7) is -0.277. The molecule has 0 atom stereocenters. The first-order valence-electron chi connectivity index (χ1n) is 10.2. The van der Waals surface area contributed by atoms with Gasteiger partial charge in [-0.25, -0.2) is 0 Å². The van der Waals surface area contributed by atoms with Crippen LogP contribution < -0.4 is 14.8 Å². The van der Waals surface area contributed by atoms with Gasteiger partial charge < -0.3 is 19.5 Å². The van der Waals surface area contributed by atoms with Crippen LogP contribution in [0.5, 0.6) is 11.5 Å². The average Bonchev–Trinajstić information content (AvgIpc) is 2.65. The summed E-state index contributed by atoms with van der Waals surface area (Å²) in [5.74, 6) is 2.89. The molecule has 0 heterocycles. The number of anilines is 1. The molecule has 0 aromatic heterocycles. The Morgan fingerprint density at radius 1 is 1.04 bits per heavy atom. The maximum Gasteiger partial charge on any atom is 0.306 e. The Hall–Kier alpha value is -2.24. The van der Waals surface area contributed by atoms with Crippen LogP contribution in [0.25, 0.3) is 0 Å². The molecular formula is C22H29NO5. The summed E-state index contributed by atoms with van der Waals surface area (Å²) in [5, 5.41) is 2.73. The number of carbonyl (C=O) groups is 2. The Morgan fingerprint density at radius 2 is 1.68 bits per heavy atom. The Balaban J connectivity index is 1.29. The molecule has 0 spiro atoms. The fraction of sp³-hybridized carbons (Fsp3) is 0.636. The zero-order chi connectivity index (χ0) is 19.7. The minimum atomic E-state index is -0.373. The van der Waals surface area contributed by atoms with Crippen LogP contribution >= 0.6 is 0 Å². The molecule has 0 radical (unpaired) electrons. The van der Waals surface area contributed by atoms with Crippen LogP contribution in [0.3, 0.4) is 0 Å². The fourth-order valence-electron chi connectivity index (χ4n) is 6.10. The van der Waals surface area contributed by atoms with E-state index in [1.54, 1.807) is 25.3 Å². The van der Waals surface area contributed by atoms with Gasteiger partial charge >= 0.3 is 5.97 Å². The van der Waals surface area contributed by atoms with Crippen molar-refractivity contribution < 1.29 is 23.8 Å². The van der Waals surface area contributed by atoms with Gasteiger partial charge in [-0.15, -0.1) is 0 Å². The molecule has 4 aliphatic carbocycles. The minimum absolute atomic E-state index is 0.127. The van der Waals surface area contributed by atoms with Crippen LogP contribution in [-0.4, -0.2) is 32.7 Å². The Bertz CT molecular complexity index is 724. The van der Waals surface area contributed by atoms with E-state index in [1.807, 2.05) is 0 Å². The number of amides is 1. The van der Waals surface area contributed by atoms with E-state index in [9.17, 15) is 9.59 Å². The predicted octanol–water partition coefficient (Wildman–Crippen LogP) is 3.79. The number of nitrogens with one attached hydrogen (secondary N) is 1. The first-order valence-corrected chi connectivity index (χ1v) is 10.2. The minimum Gasteiger partial charge on any atom is -0.497 e. The molecule has 1 amide bonds. The molecule has 4 aliphatic rings. The van der Waals surface area contributed by atoms with Crippen molar-refractivity contribution in [2.24, 2.45) is 23.2 Å². The summed E-state index contributed by atoms with van der Waals surface area (Å²) in [7, 11) is 3.09. The monoisotopic (exact) mass is 387 g/mol. The summed E-state index contributed by atoms with van der Waals surface area (Å²) >= 11 is 0. The van der Waals surface area contributed by atoms with Crippen molar-refractivity contribution in [1.29, 1.82) is 0 Å². The standard InChI is InChI=1S/C22H29NO5/c1-26-17-3-4-18(19(8-17)27-2)23-20(24)13-28-21(25)12-22-9-14-5-15(10-22)7-16(6-14)11-22/h3-4,8,14-16H,5-7,9-13H2,1-2H3,(H,23,24). The van der Waals surface area contributed by atoms with Gasteiger partial charge in [0.05, 0.1) is 26.3 Å². The molecular weight excluding hydrogens is 358 g/mol. The summed E-state index contributed by atoms with van der Waals surface area (Å²) in [4.78, 5) is 24.7. The molecule has 0 saturated heterocycles. The molecule has 6 nitrogen and oxygen atoms in total. The first kappa shape index (κ1) is 19.1. The highest BCUT2D eigenvalue weighted by molar-refractivity contribution is 5.94. The topological polar surface area (TPSA) is 73.9 Å². The highest BCUT2D eigenvalue weighted by atomic mass is 16.5. The van der Waals surface area contributed by atoms with Crippen molar-refractivity contribution in [1.82, 2.24) is 0 Å². The Kier molecular flexibility index (Phi) is 5.21. The summed E-state index contributed by atoms with van der Waals surface area (Å²) < 4.78 is 15.7. The van der Waals surface area contributed by atoms with Crippen LogP contribution in [0.15, 0.2) is 18.2 Å². The summed E-state index contributed by atoms with van der Waals surface area (Å²) in [5.41, 5.74) is 0.645. The highest BCUT2D eigenvalue weighted by Crippen LogP contribution is 2.61. The van der Waals surface area contributed by atoms with E-state index in [1.165, 1.54) is 26.4 Å². The molecule has 1 N–H and O–H groups in total. The Morgan fingerprint density at radius 3 is 2.25 bits per heavy atom. The van der Waals surface area contributed by atoms with Crippen molar-refractivity contribution in [2.45, 2.75) is 44.9 Å². The molecule has 152 valence electrons. The predicted molar refractivity (Wildman–Crippen MR) is 104 cm³/mol. The second-order valence-electron chi connectivity index (χ2n) is 8.87. The van der Waals surface area contributed by atoms with Gasteiger partial charge in [-0.1, -0.05) is 0 Å². The number of esters is 1. The number of benzene rings is 1. The van der Waals surface area contributed by atoms with E-state index < -0.39 is 0 Å². The lowest BCUT2D eigenvalue weighted by molar-refractivity contribution is -0.154. The fourth-order valence-corrected chi connectivity index (χ4v) is 6.10. The molecule has 1 aromatic rings. The van der Waals surface area contributed by atoms with E-state index in [2.05, 4.69) is 5.32 Å². The third kappa shape index (κ3) is 3.96. The SMILES string of the molecule is COc1ccc(NC(=O)COC(=O)CC23CC4CC(CC(C4)C2)C3)c(OC)c1. The molecule has 28 heavy (non-hydrogen) atoms. The number of methoxy groups -OCH3 is 2. The Labute approximate surface area is 165 Å². The number of hydrogen-bond acceptors (Lipinski definition) is 5. The van der Waals surface area contributed by atoms with E-state index in [4.69, 9.17) is 14.2 Å². The van der Waals surface area contributed by atoms with Crippen LogP contribution in [0.1, 0.15) is 44.9 Å². The van der Waals surface area contributed by atoms with E-state index in [0.29, 0.717) is 23.6 Å². The van der Waals surface area contributed by atoms with Gasteiger partial charge in [-0.3, -0.25) is 9.59 Å². The van der Waals surface area contributed by atoms with E-state index in [0.717, 1.165) is 37.0 Å². The third-order valence-electron chi connectivity index (χ3n) is 6.73. The van der Waals surface area contributed by atoms with Gasteiger partial charge in [0.15, 0.2) is 6.61 Å². The van der Waals surface area contributed by atoms with Crippen molar-refractivity contribution in [2.75, 3.05) is 26.1 Å². The second kappa shape index (κ2) is 7.64. The maximum absolute atomic E-state index is 12.4. The largest absolute Gasteiger partial charge is 0.497 e. The molecule has 1 aromatic carbocycles. The molecule has 0 aliphatic heterocycles. The molecule has 0 unspecified atom stereocenters. The van der Waals surface area contributed by atoms with E-state index in [-0.39, 0.29) is 23.9 Å². The zero-order valence-electron chi connectivity index (χ0n) is 16.7. The number of hydrogen-bond donors (Lipinski definition) is 1. The van der Waals surface area contributed by atoms with Gasteiger partial charge in [0.1, 0.15) is 11.5 Å². The van der Waals surface area contributed by atoms with Crippen molar-refractivity contribution in [3.8, 4) is 11.5 Å². The van der Waals surface area contributed by atoms with Crippen molar-refractivity contribution in [3.05, 3.63) is 18.2 Å². The lowest BCUT2D eigenvalue weighted by atomic mass is 9.49. The van der Waals surface area contributed by atoms with Gasteiger partial charge in [-0.05, 0) is 73.8 Å². The van der Waals surface area contributed by atoms with Gasteiger partial charge in [0, 0.05) is 6.07 Å². The van der Waals surface area contributed by atoms with Crippen LogP contribution in [-0.2, 0) is 14.3 Å². The van der Waals surface area contributed by atoms with Crippen molar-refractivity contribution >= 4 is 17.6 Å². The number of ether oxygens (including phenoxy) is 3. The first-order chi connectivity index (χ1) is 13.5. The van der Waals surface area contributed by atoms with Gasteiger partial charge in [0.25, 0.3) is 5.91 Å². The van der Waals surface area contributed by atoms with Crippen LogP contribution in [0, 0.1) is 23.2 Å². The average molecular weight is 387 g/mol. The molecule has 4 saturated carbocycles. The third-order valence-corrected chi connectivity index (χ3v) is 6.73. The molecule has 6 heteroatoms. The normalized spacial score (nSPS) is 30.0.